The third-order valence-corrected chi connectivity index (χ3v) is 4.51. The highest BCUT2D eigenvalue weighted by molar-refractivity contribution is 7.92. The van der Waals surface area contributed by atoms with Crippen molar-refractivity contribution in [1.82, 2.24) is 15.2 Å². The lowest BCUT2D eigenvalue weighted by Crippen LogP contribution is -2.17. The average molecular weight is 308 g/mol. The Morgan fingerprint density at radius 3 is 2.48 bits per heavy atom. The topological polar surface area (TPSA) is 105 Å². The Kier molecular flexibility index (Phi) is 4.19. The van der Waals surface area contributed by atoms with E-state index >= 15 is 0 Å². The number of aromatic nitrogens is 3. The standard InChI is InChI=1S/C13H16N4O3S/c1-8-4-5-11(7-18)6-12(8)21(19,20)17-13-14-9(2)10(3)15-16-13/h4-6,18H,7H2,1-3H3,(H,14,16,17). The minimum absolute atomic E-state index is 0.0769. The largest absolute Gasteiger partial charge is 0.392 e. The van der Waals surface area contributed by atoms with Crippen LogP contribution in [0.1, 0.15) is 22.5 Å². The van der Waals surface area contributed by atoms with Crippen LogP contribution in [0, 0.1) is 20.8 Å². The van der Waals surface area contributed by atoms with Crippen LogP contribution in [0.3, 0.4) is 0 Å². The van der Waals surface area contributed by atoms with Crippen LogP contribution in [0.4, 0.5) is 5.95 Å². The Bertz CT molecular complexity index is 775. The third-order valence-electron chi connectivity index (χ3n) is 3.04. The first-order valence-corrected chi connectivity index (χ1v) is 7.73. The molecule has 0 amide bonds. The molecule has 2 rings (SSSR count). The Morgan fingerprint density at radius 1 is 1.14 bits per heavy atom. The van der Waals surface area contributed by atoms with Crippen LogP contribution in [0.15, 0.2) is 23.1 Å². The molecule has 1 aromatic heterocycles. The van der Waals surface area contributed by atoms with Crippen LogP contribution in [0.2, 0.25) is 0 Å². The predicted molar refractivity (Wildman–Crippen MR) is 77.2 cm³/mol. The molecule has 1 aromatic carbocycles. The first kappa shape index (κ1) is 15.3. The molecule has 0 saturated heterocycles. The number of benzene rings is 1. The predicted octanol–water partition coefficient (Wildman–Crippen LogP) is 1.09. The maximum absolute atomic E-state index is 12.4. The van der Waals surface area contributed by atoms with Gasteiger partial charge in [-0.25, -0.2) is 18.1 Å². The number of aliphatic hydroxyl groups is 1. The number of aliphatic hydroxyl groups excluding tert-OH is 1. The molecule has 1 heterocycles. The minimum Gasteiger partial charge on any atom is -0.392 e. The second-order valence-corrected chi connectivity index (χ2v) is 6.32. The second kappa shape index (κ2) is 5.74. The van der Waals surface area contributed by atoms with Crippen molar-refractivity contribution < 1.29 is 13.5 Å². The van der Waals surface area contributed by atoms with Gasteiger partial charge >= 0.3 is 0 Å². The fraction of sp³-hybridized carbons (Fsp3) is 0.308. The van der Waals surface area contributed by atoms with Gasteiger partial charge in [0.2, 0.25) is 0 Å². The minimum atomic E-state index is -3.83. The summed E-state index contributed by atoms with van der Waals surface area (Å²) in [5.74, 6) is -0.0769. The van der Waals surface area contributed by atoms with E-state index in [1.807, 2.05) is 0 Å². The number of hydrogen-bond acceptors (Lipinski definition) is 6. The lowest BCUT2D eigenvalue weighted by Gasteiger charge is -2.10. The van der Waals surface area contributed by atoms with Crippen molar-refractivity contribution in [3.05, 3.63) is 40.7 Å². The van der Waals surface area contributed by atoms with E-state index in [4.69, 9.17) is 5.11 Å². The van der Waals surface area contributed by atoms with E-state index in [2.05, 4.69) is 19.9 Å². The van der Waals surface area contributed by atoms with Crippen molar-refractivity contribution in [2.24, 2.45) is 0 Å². The summed E-state index contributed by atoms with van der Waals surface area (Å²) in [5.41, 5.74) is 2.32. The van der Waals surface area contributed by atoms with Gasteiger partial charge in [-0.2, -0.15) is 5.10 Å². The zero-order valence-electron chi connectivity index (χ0n) is 12.0. The molecular formula is C13H16N4O3S. The third kappa shape index (κ3) is 3.34. The Labute approximate surface area is 123 Å². The molecule has 0 atom stereocenters. The van der Waals surface area contributed by atoms with E-state index in [-0.39, 0.29) is 17.5 Å². The number of hydrogen-bond donors (Lipinski definition) is 2. The Morgan fingerprint density at radius 2 is 1.86 bits per heavy atom. The molecule has 8 heteroatoms. The van der Waals surface area contributed by atoms with Gasteiger partial charge in [0.25, 0.3) is 16.0 Å². The maximum atomic E-state index is 12.4. The molecule has 0 radical (unpaired) electrons. The molecule has 2 N–H and O–H groups in total. The van der Waals surface area contributed by atoms with E-state index in [0.29, 0.717) is 22.5 Å². The molecule has 0 spiro atoms. The summed E-state index contributed by atoms with van der Waals surface area (Å²) >= 11 is 0. The Hall–Kier alpha value is -2.06. The summed E-state index contributed by atoms with van der Waals surface area (Å²) in [4.78, 5) is 4.12. The molecule has 2 aromatic rings. The molecule has 0 unspecified atom stereocenters. The smallest absolute Gasteiger partial charge is 0.264 e. The highest BCUT2D eigenvalue weighted by atomic mass is 32.2. The van der Waals surface area contributed by atoms with Crippen LogP contribution in [-0.2, 0) is 16.6 Å². The van der Waals surface area contributed by atoms with Crippen LogP contribution in [0.25, 0.3) is 0 Å². The molecule has 21 heavy (non-hydrogen) atoms. The normalized spacial score (nSPS) is 11.4. The summed E-state index contributed by atoms with van der Waals surface area (Å²) in [6.07, 6.45) is 0. The van der Waals surface area contributed by atoms with Gasteiger partial charge in [-0.3, -0.25) is 0 Å². The fourth-order valence-electron chi connectivity index (χ4n) is 1.71. The van der Waals surface area contributed by atoms with Crippen molar-refractivity contribution in [3.63, 3.8) is 0 Å². The van der Waals surface area contributed by atoms with Crippen LogP contribution >= 0.6 is 0 Å². The summed E-state index contributed by atoms with van der Waals surface area (Å²) in [6.45, 7) is 4.90. The quantitative estimate of drug-likeness (QED) is 0.876. The van der Waals surface area contributed by atoms with Crippen LogP contribution < -0.4 is 4.72 Å². The molecule has 0 bridgehead atoms. The lowest BCUT2D eigenvalue weighted by molar-refractivity contribution is 0.281. The number of sulfonamides is 1. The number of nitrogens with one attached hydrogen (secondary N) is 1. The van der Waals surface area contributed by atoms with Crippen molar-refractivity contribution in [2.45, 2.75) is 32.3 Å². The van der Waals surface area contributed by atoms with E-state index < -0.39 is 10.0 Å². The maximum Gasteiger partial charge on any atom is 0.264 e. The highest BCUT2D eigenvalue weighted by Gasteiger charge is 2.19. The van der Waals surface area contributed by atoms with Crippen molar-refractivity contribution in [1.29, 1.82) is 0 Å². The molecule has 0 aliphatic carbocycles. The van der Waals surface area contributed by atoms with Gasteiger partial charge < -0.3 is 5.11 Å². The van der Waals surface area contributed by atoms with E-state index in [0.717, 1.165) is 0 Å². The van der Waals surface area contributed by atoms with Gasteiger partial charge in [-0.15, -0.1) is 5.10 Å². The number of anilines is 1. The van der Waals surface area contributed by atoms with Crippen LogP contribution in [-0.4, -0.2) is 28.7 Å². The molecule has 0 aliphatic heterocycles. The first-order chi connectivity index (χ1) is 9.83. The lowest BCUT2D eigenvalue weighted by atomic mass is 10.2. The van der Waals surface area contributed by atoms with Crippen LogP contribution in [0.5, 0.6) is 0 Å². The zero-order chi connectivity index (χ0) is 15.6. The summed E-state index contributed by atoms with van der Waals surface area (Å²) in [5, 5.41) is 16.7. The van der Waals surface area contributed by atoms with E-state index in [9.17, 15) is 8.42 Å². The number of nitrogens with zero attached hydrogens (tertiary/aromatic N) is 3. The van der Waals surface area contributed by atoms with Gasteiger partial charge in [0.1, 0.15) is 0 Å². The monoisotopic (exact) mass is 308 g/mol. The summed E-state index contributed by atoms with van der Waals surface area (Å²) in [7, 11) is -3.83. The van der Waals surface area contributed by atoms with E-state index in [1.54, 1.807) is 32.9 Å². The van der Waals surface area contributed by atoms with Crippen molar-refractivity contribution in [2.75, 3.05) is 4.72 Å². The van der Waals surface area contributed by atoms with Crippen molar-refractivity contribution in [3.8, 4) is 0 Å². The molecule has 0 aliphatic rings. The molecule has 112 valence electrons. The molecule has 0 saturated carbocycles. The van der Waals surface area contributed by atoms with E-state index in [1.165, 1.54) is 6.07 Å². The van der Waals surface area contributed by atoms with Crippen molar-refractivity contribution >= 4 is 16.0 Å². The van der Waals surface area contributed by atoms with Gasteiger partial charge in [-0.1, -0.05) is 12.1 Å². The van der Waals surface area contributed by atoms with Gasteiger partial charge in [0.05, 0.1) is 22.9 Å². The summed E-state index contributed by atoms with van der Waals surface area (Å²) < 4.78 is 27.1. The van der Waals surface area contributed by atoms with Gasteiger partial charge in [0, 0.05) is 0 Å². The second-order valence-electron chi connectivity index (χ2n) is 4.67. The molecular weight excluding hydrogens is 292 g/mol. The highest BCUT2D eigenvalue weighted by Crippen LogP contribution is 2.19. The Balaban J connectivity index is 2.40. The fourth-order valence-corrected chi connectivity index (χ4v) is 2.94. The number of rotatable bonds is 4. The molecule has 0 fully saturated rings. The SMILES string of the molecule is Cc1ccc(CO)cc1S(=O)(=O)Nc1nnc(C)c(C)n1. The first-order valence-electron chi connectivity index (χ1n) is 6.24. The van der Waals surface area contributed by atoms with Gasteiger partial charge in [0.15, 0.2) is 0 Å². The number of aryl methyl sites for hydroxylation is 3. The zero-order valence-corrected chi connectivity index (χ0v) is 12.8. The average Bonchev–Trinajstić information content (AvgIpc) is 2.43. The van der Waals surface area contributed by atoms with Gasteiger partial charge in [-0.05, 0) is 38.0 Å². The summed E-state index contributed by atoms with van der Waals surface area (Å²) in [6, 6.07) is 4.73. The molecule has 7 nitrogen and oxygen atoms in total.